The Morgan fingerprint density at radius 2 is 1.88 bits per heavy atom. The van der Waals surface area contributed by atoms with Gasteiger partial charge in [0.2, 0.25) is 0 Å². The summed E-state index contributed by atoms with van der Waals surface area (Å²) in [6, 6.07) is 14.2. The van der Waals surface area contributed by atoms with Gasteiger partial charge in [-0.1, -0.05) is 18.2 Å². The number of nitrogens with one attached hydrogen (secondary N) is 2. The number of H-pyrrole nitrogens is 1. The number of para-hydroxylation sites is 1. The van der Waals surface area contributed by atoms with Crippen LogP contribution in [0.2, 0.25) is 0 Å². The highest BCUT2D eigenvalue weighted by Gasteiger charge is 2.35. The van der Waals surface area contributed by atoms with E-state index < -0.39 is 17.6 Å². The van der Waals surface area contributed by atoms with E-state index in [1.807, 2.05) is 0 Å². The van der Waals surface area contributed by atoms with Crippen molar-refractivity contribution in [2.75, 3.05) is 18.4 Å². The second-order valence-corrected chi connectivity index (χ2v) is 8.32. The molecule has 0 aliphatic carbocycles. The Kier molecular flexibility index (Phi) is 5.79. The maximum Gasteiger partial charge on any atom is 0.417 e. The summed E-state index contributed by atoms with van der Waals surface area (Å²) >= 11 is 0. The molecule has 2 aromatic heterocycles. The Morgan fingerprint density at radius 1 is 1.06 bits per heavy atom. The molecular formula is C25H22F3N5O. The number of rotatable bonds is 5. The lowest BCUT2D eigenvalue weighted by Crippen LogP contribution is -2.18. The van der Waals surface area contributed by atoms with Gasteiger partial charge in [0.15, 0.2) is 0 Å². The highest BCUT2D eigenvalue weighted by molar-refractivity contribution is 6.11. The van der Waals surface area contributed by atoms with E-state index in [9.17, 15) is 18.0 Å². The van der Waals surface area contributed by atoms with E-state index in [0.717, 1.165) is 37.6 Å². The lowest BCUT2D eigenvalue weighted by atomic mass is 10.0. The molecule has 0 atom stereocenters. The molecule has 1 aliphatic rings. The van der Waals surface area contributed by atoms with Crippen LogP contribution < -0.4 is 5.32 Å². The first-order valence-electron chi connectivity index (χ1n) is 11.0. The first kappa shape index (κ1) is 22.1. The number of likely N-dealkylation sites (tertiary alicyclic amines) is 1. The molecule has 6 nitrogen and oxygen atoms in total. The lowest BCUT2D eigenvalue weighted by molar-refractivity contribution is -0.137. The Hall–Kier alpha value is -3.72. The number of halogens is 3. The fourth-order valence-electron chi connectivity index (χ4n) is 4.30. The van der Waals surface area contributed by atoms with Crippen LogP contribution in [0.1, 0.15) is 34.3 Å². The van der Waals surface area contributed by atoms with Gasteiger partial charge in [-0.15, -0.1) is 0 Å². The average molecular weight is 465 g/mol. The molecule has 1 fully saturated rings. The molecular weight excluding hydrogens is 443 g/mol. The van der Waals surface area contributed by atoms with Crippen molar-refractivity contribution in [3.05, 3.63) is 77.5 Å². The van der Waals surface area contributed by atoms with Gasteiger partial charge in [-0.05, 0) is 67.9 Å². The van der Waals surface area contributed by atoms with E-state index in [2.05, 4.69) is 25.2 Å². The molecule has 1 aliphatic heterocycles. The van der Waals surface area contributed by atoms with Crippen LogP contribution in [0.15, 0.2) is 60.8 Å². The number of pyridine rings is 1. The molecule has 34 heavy (non-hydrogen) atoms. The summed E-state index contributed by atoms with van der Waals surface area (Å²) in [5.74, 6) is -0.000837. The zero-order valence-corrected chi connectivity index (χ0v) is 18.2. The Balaban J connectivity index is 1.54. The third-order valence-electron chi connectivity index (χ3n) is 5.91. The van der Waals surface area contributed by atoms with E-state index in [1.54, 1.807) is 48.7 Å². The third-order valence-corrected chi connectivity index (χ3v) is 5.91. The SMILES string of the molecule is O=C(Nc1ccccn1)c1cccc2[nH]c(-c3cc(CN4CCCC4)ccc3C(F)(F)F)nc12. The monoisotopic (exact) mass is 465 g/mol. The minimum atomic E-state index is -4.54. The van der Waals surface area contributed by atoms with Crippen LogP contribution in [0.5, 0.6) is 0 Å². The second kappa shape index (κ2) is 8.90. The molecule has 0 spiro atoms. The third kappa shape index (κ3) is 4.51. The number of alkyl halides is 3. The summed E-state index contributed by atoms with van der Waals surface area (Å²) in [6.07, 6.45) is -0.795. The molecule has 0 saturated carbocycles. The summed E-state index contributed by atoms with van der Waals surface area (Å²) in [7, 11) is 0. The van der Waals surface area contributed by atoms with Crippen molar-refractivity contribution in [2.45, 2.75) is 25.6 Å². The number of benzene rings is 2. The van der Waals surface area contributed by atoms with E-state index in [-0.39, 0.29) is 17.0 Å². The summed E-state index contributed by atoms with van der Waals surface area (Å²) in [6.45, 7) is 2.47. The molecule has 5 rings (SSSR count). The van der Waals surface area contributed by atoms with Crippen LogP contribution in [-0.2, 0) is 12.7 Å². The fraction of sp³-hybridized carbons (Fsp3) is 0.240. The number of anilines is 1. The second-order valence-electron chi connectivity index (χ2n) is 8.32. The topological polar surface area (TPSA) is 73.9 Å². The van der Waals surface area contributed by atoms with Crippen LogP contribution in [0.25, 0.3) is 22.4 Å². The predicted molar refractivity (Wildman–Crippen MR) is 123 cm³/mol. The van der Waals surface area contributed by atoms with Crippen molar-refractivity contribution in [1.82, 2.24) is 19.9 Å². The van der Waals surface area contributed by atoms with Gasteiger partial charge in [-0.25, -0.2) is 9.97 Å². The molecule has 1 saturated heterocycles. The van der Waals surface area contributed by atoms with Gasteiger partial charge in [-0.3, -0.25) is 9.69 Å². The van der Waals surface area contributed by atoms with Gasteiger partial charge >= 0.3 is 6.18 Å². The van der Waals surface area contributed by atoms with Crippen molar-refractivity contribution >= 4 is 22.8 Å². The number of hydrogen-bond acceptors (Lipinski definition) is 4. The van der Waals surface area contributed by atoms with Gasteiger partial charge < -0.3 is 10.3 Å². The Morgan fingerprint density at radius 3 is 2.62 bits per heavy atom. The van der Waals surface area contributed by atoms with Crippen molar-refractivity contribution < 1.29 is 18.0 Å². The molecule has 3 heterocycles. The van der Waals surface area contributed by atoms with Crippen molar-refractivity contribution in [1.29, 1.82) is 0 Å². The number of aromatic amines is 1. The first-order valence-corrected chi connectivity index (χ1v) is 11.0. The minimum Gasteiger partial charge on any atom is -0.338 e. The van der Waals surface area contributed by atoms with Crippen LogP contribution >= 0.6 is 0 Å². The minimum absolute atomic E-state index is 0.0310. The zero-order chi connectivity index (χ0) is 23.7. The van der Waals surface area contributed by atoms with Gasteiger partial charge in [0.1, 0.15) is 17.2 Å². The molecule has 4 aromatic rings. The maximum absolute atomic E-state index is 13.9. The molecule has 2 N–H and O–H groups in total. The zero-order valence-electron chi connectivity index (χ0n) is 18.2. The normalized spacial score (nSPS) is 14.6. The number of fused-ring (bicyclic) bond motifs is 1. The molecule has 2 aromatic carbocycles. The Labute approximate surface area is 193 Å². The van der Waals surface area contributed by atoms with Crippen LogP contribution in [-0.4, -0.2) is 38.8 Å². The molecule has 1 amide bonds. The van der Waals surface area contributed by atoms with Crippen LogP contribution in [0.3, 0.4) is 0 Å². The summed E-state index contributed by atoms with van der Waals surface area (Å²) in [5, 5.41) is 2.70. The molecule has 9 heteroatoms. The van der Waals surface area contributed by atoms with Gasteiger partial charge in [-0.2, -0.15) is 13.2 Å². The number of aromatic nitrogens is 3. The van der Waals surface area contributed by atoms with E-state index in [4.69, 9.17) is 0 Å². The maximum atomic E-state index is 13.9. The first-order chi connectivity index (χ1) is 16.4. The molecule has 174 valence electrons. The van der Waals surface area contributed by atoms with Gasteiger partial charge in [0.05, 0.1) is 16.6 Å². The van der Waals surface area contributed by atoms with Crippen molar-refractivity contribution in [3.63, 3.8) is 0 Å². The summed E-state index contributed by atoms with van der Waals surface area (Å²) in [4.78, 5) is 26.6. The van der Waals surface area contributed by atoms with E-state index in [1.165, 1.54) is 6.07 Å². The number of hydrogen-bond donors (Lipinski definition) is 2. The predicted octanol–water partition coefficient (Wildman–Crippen LogP) is 5.49. The van der Waals surface area contributed by atoms with E-state index in [0.29, 0.717) is 23.4 Å². The Bertz CT molecular complexity index is 1330. The number of imidazole rings is 1. The highest BCUT2D eigenvalue weighted by atomic mass is 19.4. The molecule has 0 bridgehead atoms. The number of amides is 1. The fourth-order valence-corrected chi connectivity index (χ4v) is 4.30. The van der Waals surface area contributed by atoms with Crippen LogP contribution in [0.4, 0.5) is 19.0 Å². The number of nitrogens with zero attached hydrogens (tertiary/aromatic N) is 3. The highest BCUT2D eigenvalue weighted by Crippen LogP contribution is 2.38. The lowest BCUT2D eigenvalue weighted by Gasteiger charge is -2.17. The van der Waals surface area contributed by atoms with Gasteiger partial charge in [0, 0.05) is 18.3 Å². The quantitative estimate of drug-likeness (QED) is 0.409. The van der Waals surface area contributed by atoms with Gasteiger partial charge in [0.25, 0.3) is 5.91 Å². The van der Waals surface area contributed by atoms with Crippen molar-refractivity contribution in [3.8, 4) is 11.4 Å². The van der Waals surface area contributed by atoms with Crippen molar-refractivity contribution in [2.24, 2.45) is 0 Å². The van der Waals surface area contributed by atoms with E-state index >= 15 is 0 Å². The standard InChI is InChI=1S/C25H22F3N5O/c26-25(27,28)19-10-9-16(15-33-12-3-4-13-33)14-18(19)23-30-20-7-5-6-17(22(20)32-23)24(34)31-21-8-1-2-11-29-21/h1-2,5-11,14H,3-4,12-13,15H2,(H,30,32)(H,29,31,34). The average Bonchev–Trinajstić information content (AvgIpc) is 3.48. The number of carbonyl (C=O) groups is 1. The molecule has 0 radical (unpaired) electrons. The van der Waals surface area contributed by atoms with Crippen LogP contribution in [0, 0.1) is 0 Å². The molecule has 0 unspecified atom stereocenters. The smallest absolute Gasteiger partial charge is 0.338 e. The summed E-state index contributed by atoms with van der Waals surface area (Å²) in [5.41, 5.74) is 1.00. The summed E-state index contributed by atoms with van der Waals surface area (Å²) < 4.78 is 41.6. The largest absolute Gasteiger partial charge is 0.417 e. The number of carbonyl (C=O) groups excluding carboxylic acids is 1.